The van der Waals surface area contributed by atoms with E-state index >= 15 is 0 Å². The van der Waals surface area contributed by atoms with Crippen LogP contribution in [0.25, 0.3) is 0 Å². The van der Waals surface area contributed by atoms with Crippen molar-refractivity contribution in [2.75, 3.05) is 25.5 Å². The van der Waals surface area contributed by atoms with Gasteiger partial charge in [0.2, 0.25) is 5.91 Å². The third kappa shape index (κ3) is 5.44. The predicted molar refractivity (Wildman–Crippen MR) is 125 cm³/mol. The van der Waals surface area contributed by atoms with E-state index in [-0.39, 0.29) is 41.2 Å². The first kappa shape index (κ1) is 21.7. The van der Waals surface area contributed by atoms with E-state index in [0.29, 0.717) is 13.0 Å². The molecule has 3 N–H and O–H groups in total. The van der Waals surface area contributed by atoms with Crippen LogP contribution in [0.15, 0.2) is 46.8 Å². The number of carbonyl (C=O) groups is 1. The number of nitrogens with one attached hydrogen (secondary N) is 3. The first-order valence-corrected chi connectivity index (χ1v) is 9.75. The number of para-hydroxylation sites is 1. The maximum Gasteiger partial charge on any atom is 0.225 e. The number of hydrogen-bond acceptors (Lipinski definition) is 3. The summed E-state index contributed by atoms with van der Waals surface area (Å²) in [5.74, 6) is 0.971. The van der Waals surface area contributed by atoms with Gasteiger partial charge >= 0.3 is 0 Å². The Balaban J connectivity index is 0.00000261. The Hall–Kier alpha value is -1.61. The summed E-state index contributed by atoms with van der Waals surface area (Å²) in [4.78, 5) is 17.6. The zero-order chi connectivity index (χ0) is 18.6. The van der Waals surface area contributed by atoms with Crippen LogP contribution in [0.3, 0.4) is 0 Å². The molecule has 1 unspecified atom stereocenters. The second-order valence-corrected chi connectivity index (χ2v) is 8.15. The number of halogens is 1. The van der Waals surface area contributed by atoms with Gasteiger partial charge in [-0.3, -0.25) is 9.79 Å². The Kier molecular flexibility index (Phi) is 7.67. The first-order valence-electron chi connectivity index (χ1n) is 8.87. The maximum atomic E-state index is 12.0. The van der Waals surface area contributed by atoms with Crippen LogP contribution in [0, 0.1) is 0 Å². The van der Waals surface area contributed by atoms with Gasteiger partial charge in [-0.05, 0) is 23.1 Å². The summed E-state index contributed by atoms with van der Waals surface area (Å²) >= 11 is 1.77. The van der Waals surface area contributed by atoms with Crippen molar-refractivity contribution in [3.63, 3.8) is 0 Å². The summed E-state index contributed by atoms with van der Waals surface area (Å²) in [6.07, 6.45) is 0.488. The monoisotopic (exact) mass is 498 g/mol. The Morgan fingerprint density at radius 2 is 2.04 bits per heavy atom. The minimum Gasteiger partial charge on any atom is -0.356 e. The van der Waals surface area contributed by atoms with Gasteiger partial charge in [0, 0.05) is 48.5 Å². The van der Waals surface area contributed by atoms with Crippen molar-refractivity contribution in [2.24, 2.45) is 4.99 Å². The minimum atomic E-state index is 0. The molecule has 0 radical (unpaired) electrons. The lowest BCUT2D eigenvalue weighted by Crippen LogP contribution is -2.45. The summed E-state index contributed by atoms with van der Waals surface area (Å²) in [5.41, 5.74) is 2.12. The minimum absolute atomic E-state index is 0. The van der Waals surface area contributed by atoms with E-state index in [9.17, 15) is 4.79 Å². The van der Waals surface area contributed by atoms with Crippen molar-refractivity contribution in [3.05, 3.63) is 52.2 Å². The Morgan fingerprint density at radius 1 is 1.26 bits per heavy atom. The van der Waals surface area contributed by atoms with Crippen LogP contribution in [-0.4, -0.2) is 32.0 Å². The van der Waals surface area contributed by atoms with Gasteiger partial charge < -0.3 is 16.0 Å². The lowest BCUT2D eigenvalue weighted by atomic mass is 9.90. The van der Waals surface area contributed by atoms with E-state index < -0.39 is 0 Å². The van der Waals surface area contributed by atoms with E-state index in [0.717, 1.165) is 18.2 Å². The number of thiophene rings is 1. The predicted octanol–water partition coefficient (Wildman–Crippen LogP) is 3.93. The van der Waals surface area contributed by atoms with Crippen molar-refractivity contribution >= 4 is 52.9 Å². The highest BCUT2D eigenvalue weighted by molar-refractivity contribution is 14.0. The molecule has 2 heterocycles. The van der Waals surface area contributed by atoms with E-state index in [2.05, 4.69) is 58.4 Å². The van der Waals surface area contributed by atoms with Crippen molar-refractivity contribution in [3.8, 4) is 0 Å². The number of amides is 1. The molecule has 2 aromatic rings. The van der Waals surface area contributed by atoms with Crippen LogP contribution in [-0.2, 0) is 10.2 Å². The van der Waals surface area contributed by atoms with E-state index in [1.807, 2.05) is 18.2 Å². The molecule has 0 saturated carbocycles. The van der Waals surface area contributed by atoms with Crippen molar-refractivity contribution < 1.29 is 4.79 Å². The molecule has 1 amide bonds. The standard InChI is InChI=1S/C20H26N4OS.HI/c1-20(2,17-9-6-10-26-17)13-23-19(21-3)22-12-14-11-18(25)24-16-8-5-4-7-15(14)16;/h4-10,14H,11-13H2,1-3H3,(H,24,25)(H2,21,22,23);1H. The van der Waals surface area contributed by atoms with Gasteiger partial charge in [0.25, 0.3) is 0 Å². The SMILES string of the molecule is CN=C(NCC1CC(=O)Nc2ccccc21)NCC(C)(C)c1cccs1.I. The number of carbonyl (C=O) groups excluding carboxylic acids is 1. The van der Waals surface area contributed by atoms with Gasteiger partial charge in [-0.2, -0.15) is 0 Å². The molecule has 27 heavy (non-hydrogen) atoms. The van der Waals surface area contributed by atoms with Gasteiger partial charge in [-0.15, -0.1) is 35.3 Å². The number of guanidine groups is 1. The molecule has 0 aliphatic carbocycles. The average Bonchev–Trinajstić information content (AvgIpc) is 3.17. The number of fused-ring (bicyclic) bond motifs is 1. The van der Waals surface area contributed by atoms with Crippen LogP contribution in [0.2, 0.25) is 0 Å². The Bertz CT molecular complexity index is 789. The zero-order valence-corrected chi connectivity index (χ0v) is 19.1. The summed E-state index contributed by atoms with van der Waals surface area (Å²) in [6, 6.07) is 12.2. The molecule has 1 atom stereocenters. The van der Waals surface area contributed by atoms with Crippen LogP contribution < -0.4 is 16.0 Å². The Morgan fingerprint density at radius 3 is 2.74 bits per heavy atom. The van der Waals surface area contributed by atoms with E-state index in [1.165, 1.54) is 10.4 Å². The number of anilines is 1. The normalized spacial score (nSPS) is 16.8. The van der Waals surface area contributed by atoms with Crippen molar-refractivity contribution in [1.82, 2.24) is 10.6 Å². The van der Waals surface area contributed by atoms with Crippen LogP contribution in [0.5, 0.6) is 0 Å². The van der Waals surface area contributed by atoms with E-state index in [4.69, 9.17) is 0 Å². The molecule has 0 spiro atoms. The molecule has 1 aromatic heterocycles. The molecular weight excluding hydrogens is 471 g/mol. The molecule has 7 heteroatoms. The lowest BCUT2D eigenvalue weighted by Gasteiger charge is -2.28. The highest BCUT2D eigenvalue weighted by Crippen LogP contribution is 2.31. The molecule has 3 rings (SSSR count). The highest BCUT2D eigenvalue weighted by Gasteiger charge is 2.25. The molecule has 1 aliphatic rings. The molecule has 0 fully saturated rings. The number of aliphatic imine (C=N–C) groups is 1. The fourth-order valence-electron chi connectivity index (χ4n) is 3.18. The fourth-order valence-corrected chi connectivity index (χ4v) is 4.03. The first-order chi connectivity index (χ1) is 12.5. The van der Waals surface area contributed by atoms with Crippen LogP contribution in [0.1, 0.15) is 36.6 Å². The maximum absolute atomic E-state index is 12.0. The van der Waals surface area contributed by atoms with Crippen LogP contribution in [0.4, 0.5) is 5.69 Å². The largest absolute Gasteiger partial charge is 0.356 e. The van der Waals surface area contributed by atoms with Gasteiger partial charge in [0.1, 0.15) is 0 Å². The quantitative estimate of drug-likeness (QED) is 0.333. The average molecular weight is 498 g/mol. The topological polar surface area (TPSA) is 65.5 Å². The number of nitrogens with zero attached hydrogens (tertiary/aromatic N) is 1. The lowest BCUT2D eigenvalue weighted by molar-refractivity contribution is -0.116. The van der Waals surface area contributed by atoms with Gasteiger partial charge in [0.15, 0.2) is 5.96 Å². The molecule has 146 valence electrons. The Labute approximate surface area is 182 Å². The second kappa shape index (κ2) is 9.54. The van der Waals surface area contributed by atoms with Gasteiger partial charge in [-0.25, -0.2) is 0 Å². The molecule has 5 nitrogen and oxygen atoms in total. The molecule has 1 aliphatic heterocycles. The summed E-state index contributed by atoms with van der Waals surface area (Å²) in [5, 5.41) is 11.8. The second-order valence-electron chi connectivity index (χ2n) is 7.20. The fraction of sp³-hybridized carbons (Fsp3) is 0.400. The third-order valence-corrected chi connectivity index (χ3v) is 5.97. The van der Waals surface area contributed by atoms with Gasteiger partial charge in [-0.1, -0.05) is 38.1 Å². The molecule has 0 saturated heterocycles. The molecule has 0 bridgehead atoms. The molecular formula is C20H27IN4OS. The molecule has 1 aromatic carbocycles. The smallest absolute Gasteiger partial charge is 0.225 e. The van der Waals surface area contributed by atoms with Gasteiger partial charge in [0.05, 0.1) is 0 Å². The van der Waals surface area contributed by atoms with E-state index in [1.54, 1.807) is 18.4 Å². The summed E-state index contributed by atoms with van der Waals surface area (Å²) in [6.45, 7) is 5.90. The zero-order valence-electron chi connectivity index (χ0n) is 15.9. The summed E-state index contributed by atoms with van der Waals surface area (Å²) in [7, 11) is 1.77. The number of benzene rings is 1. The number of rotatable bonds is 5. The number of hydrogen-bond donors (Lipinski definition) is 3. The highest BCUT2D eigenvalue weighted by atomic mass is 127. The summed E-state index contributed by atoms with van der Waals surface area (Å²) < 4.78 is 0. The third-order valence-electron chi connectivity index (χ3n) is 4.73. The van der Waals surface area contributed by atoms with Crippen molar-refractivity contribution in [2.45, 2.75) is 31.6 Å². The van der Waals surface area contributed by atoms with Crippen molar-refractivity contribution in [1.29, 1.82) is 0 Å². The van der Waals surface area contributed by atoms with Crippen LogP contribution >= 0.6 is 35.3 Å².